The lowest BCUT2D eigenvalue weighted by molar-refractivity contribution is 0.0513. The highest BCUT2D eigenvalue weighted by Gasteiger charge is 2.19. The molecule has 1 aliphatic heterocycles. The molecule has 3 rings (SSSR count). The van der Waals surface area contributed by atoms with Gasteiger partial charge in [0.25, 0.3) is 0 Å². The Bertz CT molecular complexity index is 642. The normalized spacial score (nSPS) is 17.1. The van der Waals surface area contributed by atoms with Crippen molar-refractivity contribution in [1.82, 2.24) is 0 Å². The molecule has 2 aromatic rings. The topological polar surface area (TPSA) is 21.3 Å². The summed E-state index contributed by atoms with van der Waals surface area (Å²) in [7, 11) is 0. The smallest absolute Gasteiger partial charge is 0.0999 e. The van der Waals surface area contributed by atoms with E-state index in [4.69, 9.17) is 11.2 Å². The van der Waals surface area contributed by atoms with Crippen molar-refractivity contribution in [3.63, 3.8) is 0 Å². The zero-order valence-corrected chi connectivity index (χ0v) is 11.3. The van der Waals surface area contributed by atoms with Crippen LogP contribution in [0, 0.1) is 12.3 Å². The molecule has 2 nitrogen and oxygen atoms in total. The minimum atomic E-state index is 0.106. The first-order valence-electron chi connectivity index (χ1n) is 6.87. The molecule has 0 radical (unpaired) electrons. The third kappa shape index (κ3) is 2.68. The maximum atomic E-state index is 5.88. The van der Waals surface area contributed by atoms with E-state index in [0.717, 1.165) is 30.8 Å². The van der Waals surface area contributed by atoms with Crippen molar-refractivity contribution in [3.05, 3.63) is 65.2 Å². The zero-order chi connectivity index (χ0) is 13.8. The quantitative estimate of drug-likeness (QED) is 0.857. The number of hydrogen-bond acceptors (Lipinski definition) is 2. The van der Waals surface area contributed by atoms with Crippen molar-refractivity contribution in [1.29, 1.82) is 0 Å². The van der Waals surface area contributed by atoms with Gasteiger partial charge < -0.3 is 10.1 Å². The first kappa shape index (κ1) is 12.8. The van der Waals surface area contributed by atoms with Gasteiger partial charge in [0.1, 0.15) is 0 Å². The molecule has 1 heterocycles. The SMILES string of the molecule is C#Cc1cccc(NCC2OCCc3ccccc32)c1. The summed E-state index contributed by atoms with van der Waals surface area (Å²) in [5.41, 5.74) is 4.61. The van der Waals surface area contributed by atoms with Crippen LogP contribution >= 0.6 is 0 Å². The molecule has 0 fully saturated rings. The molecule has 2 aromatic carbocycles. The lowest BCUT2D eigenvalue weighted by Crippen LogP contribution is -2.22. The van der Waals surface area contributed by atoms with E-state index in [9.17, 15) is 0 Å². The largest absolute Gasteiger partial charge is 0.382 e. The van der Waals surface area contributed by atoms with Gasteiger partial charge in [0, 0.05) is 17.8 Å². The summed E-state index contributed by atoms with van der Waals surface area (Å²) in [6.07, 6.45) is 6.52. The molecule has 1 aliphatic rings. The molecule has 1 N–H and O–H groups in total. The Balaban J connectivity index is 1.72. The van der Waals surface area contributed by atoms with Crippen molar-refractivity contribution in [2.45, 2.75) is 12.5 Å². The van der Waals surface area contributed by atoms with Gasteiger partial charge in [0.2, 0.25) is 0 Å². The van der Waals surface area contributed by atoms with Crippen LogP contribution < -0.4 is 5.32 Å². The zero-order valence-electron chi connectivity index (χ0n) is 11.3. The molecule has 1 unspecified atom stereocenters. The van der Waals surface area contributed by atoms with Crippen molar-refractivity contribution in [3.8, 4) is 12.3 Å². The van der Waals surface area contributed by atoms with E-state index in [1.165, 1.54) is 11.1 Å². The van der Waals surface area contributed by atoms with Gasteiger partial charge in [-0.3, -0.25) is 0 Å². The summed E-state index contributed by atoms with van der Waals surface area (Å²) in [6.45, 7) is 1.54. The highest BCUT2D eigenvalue weighted by Crippen LogP contribution is 2.27. The first-order chi connectivity index (χ1) is 9.86. The van der Waals surface area contributed by atoms with Crippen molar-refractivity contribution in [2.24, 2.45) is 0 Å². The molecule has 0 bridgehead atoms. The van der Waals surface area contributed by atoms with Gasteiger partial charge in [-0.15, -0.1) is 6.42 Å². The van der Waals surface area contributed by atoms with Gasteiger partial charge in [0.05, 0.1) is 12.7 Å². The number of anilines is 1. The van der Waals surface area contributed by atoms with Crippen LogP contribution in [0.3, 0.4) is 0 Å². The number of ether oxygens (including phenoxy) is 1. The van der Waals surface area contributed by atoms with Crippen LogP contribution in [0.15, 0.2) is 48.5 Å². The van der Waals surface area contributed by atoms with Gasteiger partial charge in [-0.25, -0.2) is 0 Å². The summed E-state index contributed by atoms with van der Waals surface area (Å²) in [5.74, 6) is 2.65. The molecule has 0 amide bonds. The predicted octanol–water partition coefficient (Wildman–Crippen LogP) is 3.39. The molecule has 1 atom stereocenters. The van der Waals surface area contributed by atoms with E-state index in [-0.39, 0.29) is 6.10 Å². The minimum Gasteiger partial charge on any atom is -0.382 e. The molecule has 100 valence electrons. The van der Waals surface area contributed by atoms with Crippen LogP contribution in [0.1, 0.15) is 22.8 Å². The molecule has 0 spiro atoms. The van der Waals surface area contributed by atoms with E-state index in [0.29, 0.717) is 0 Å². The fraction of sp³-hybridized carbons (Fsp3) is 0.222. The molecule has 0 saturated carbocycles. The van der Waals surface area contributed by atoms with Crippen LogP contribution in [0.25, 0.3) is 0 Å². The van der Waals surface area contributed by atoms with Crippen molar-refractivity contribution < 1.29 is 4.74 Å². The second-order valence-corrected chi connectivity index (χ2v) is 4.91. The van der Waals surface area contributed by atoms with Crippen LogP contribution in [-0.2, 0) is 11.2 Å². The highest BCUT2D eigenvalue weighted by molar-refractivity contribution is 5.50. The number of terminal acetylenes is 1. The van der Waals surface area contributed by atoms with Crippen LogP contribution in [0.2, 0.25) is 0 Å². The first-order valence-corrected chi connectivity index (χ1v) is 6.87. The van der Waals surface area contributed by atoms with E-state index in [1.54, 1.807) is 0 Å². The number of benzene rings is 2. The average Bonchev–Trinajstić information content (AvgIpc) is 2.53. The average molecular weight is 263 g/mol. The second-order valence-electron chi connectivity index (χ2n) is 4.91. The Morgan fingerprint density at radius 2 is 2.10 bits per heavy atom. The Kier molecular flexibility index (Phi) is 3.71. The number of rotatable bonds is 3. The second kappa shape index (κ2) is 5.81. The highest BCUT2D eigenvalue weighted by atomic mass is 16.5. The van der Waals surface area contributed by atoms with E-state index in [1.807, 2.05) is 24.3 Å². The standard InChI is InChI=1S/C18H17NO/c1-2-14-6-5-8-16(12-14)19-13-18-17-9-4-3-7-15(17)10-11-20-18/h1,3-9,12,18-19H,10-11,13H2. The number of hydrogen-bond donors (Lipinski definition) is 1. The Hall–Kier alpha value is -2.24. The lowest BCUT2D eigenvalue weighted by atomic mass is 9.97. The summed E-state index contributed by atoms with van der Waals surface area (Å²) < 4.78 is 5.88. The molecule has 0 aromatic heterocycles. The molecule has 2 heteroatoms. The van der Waals surface area contributed by atoms with E-state index < -0.39 is 0 Å². The molecular weight excluding hydrogens is 246 g/mol. The third-order valence-corrected chi connectivity index (χ3v) is 3.61. The Morgan fingerprint density at radius 3 is 3.00 bits per heavy atom. The van der Waals surface area contributed by atoms with Crippen molar-refractivity contribution in [2.75, 3.05) is 18.5 Å². The summed E-state index contributed by atoms with van der Waals surface area (Å²) in [4.78, 5) is 0. The monoisotopic (exact) mass is 263 g/mol. The third-order valence-electron chi connectivity index (χ3n) is 3.61. The van der Waals surface area contributed by atoms with Crippen molar-refractivity contribution >= 4 is 5.69 Å². The van der Waals surface area contributed by atoms with Gasteiger partial charge in [0.15, 0.2) is 0 Å². The summed E-state index contributed by atoms with van der Waals surface area (Å²) >= 11 is 0. The predicted molar refractivity (Wildman–Crippen MR) is 81.7 cm³/mol. The fourth-order valence-corrected chi connectivity index (χ4v) is 2.58. The molecule has 0 saturated heterocycles. The fourth-order valence-electron chi connectivity index (χ4n) is 2.58. The van der Waals surface area contributed by atoms with Crippen LogP contribution in [0.4, 0.5) is 5.69 Å². The van der Waals surface area contributed by atoms with Crippen LogP contribution in [0.5, 0.6) is 0 Å². The van der Waals surface area contributed by atoms with E-state index >= 15 is 0 Å². The lowest BCUT2D eigenvalue weighted by Gasteiger charge is -2.26. The Labute approximate surface area is 119 Å². The van der Waals surface area contributed by atoms with Gasteiger partial charge in [-0.2, -0.15) is 0 Å². The maximum Gasteiger partial charge on any atom is 0.0999 e. The number of fused-ring (bicyclic) bond motifs is 1. The number of nitrogens with one attached hydrogen (secondary N) is 1. The summed E-state index contributed by atoms with van der Waals surface area (Å²) in [6, 6.07) is 16.4. The van der Waals surface area contributed by atoms with Gasteiger partial charge >= 0.3 is 0 Å². The van der Waals surface area contributed by atoms with Gasteiger partial charge in [-0.1, -0.05) is 36.3 Å². The molecular formula is C18H17NO. The van der Waals surface area contributed by atoms with E-state index in [2.05, 4.69) is 35.5 Å². The maximum absolute atomic E-state index is 5.88. The molecule has 0 aliphatic carbocycles. The summed E-state index contributed by atoms with van der Waals surface area (Å²) in [5, 5.41) is 3.41. The minimum absolute atomic E-state index is 0.106. The van der Waals surface area contributed by atoms with Crippen LogP contribution in [-0.4, -0.2) is 13.2 Å². The Morgan fingerprint density at radius 1 is 1.20 bits per heavy atom. The molecule has 20 heavy (non-hydrogen) atoms. The van der Waals surface area contributed by atoms with Gasteiger partial charge in [-0.05, 0) is 35.7 Å².